The van der Waals surface area contributed by atoms with Gasteiger partial charge in [0.25, 0.3) is 5.91 Å². The van der Waals surface area contributed by atoms with Crippen molar-refractivity contribution in [3.63, 3.8) is 0 Å². The predicted octanol–water partition coefficient (Wildman–Crippen LogP) is 2.54. The number of nitrogens with zero attached hydrogens (tertiary/aromatic N) is 3. The molecule has 2 aromatic rings. The highest BCUT2D eigenvalue weighted by atomic mass is 19.4. The first kappa shape index (κ1) is 20.5. The highest BCUT2D eigenvalue weighted by Crippen LogP contribution is 2.34. The molecule has 2 fully saturated rings. The highest BCUT2D eigenvalue weighted by Gasteiger charge is 2.41. The van der Waals surface area contributed by atoms with Gasteiger partial charge in [0.2, 0.25) is 5.43 Å². The van der Waals surface area contributed by atoms with E-state index in [1.54, 1.807) is 0 Å². The Morgan fingerprint density at radius 2 is 1.77 bits per heavy atom. The molecule has 2 saturated heterocycles. The van der Waals surface area contributed by atoms with E-state index < -0.39 is 34.6 Å². The summed E-state index contributed by atoms with van der Waals surface area (Å²) >= 11 is 0. The first-order valence-corrected chi connectivity index (χ1v) is 9.55. The van der Waals surface area contributed by atoms with Crippen LogP contribution in [0.25, 0.3) is 5.69 Å². The second kappa shape index (κ2) is 7.51. The maximum absolute atomic E-state index is 13.4. The average molecular weight is 423 g/mol. The normalized spacial score (nSPS) is 18.7. The molecule has 0 N–H and O–H groups in total. The van der Waals surface area contributed by atoms with Crippen LogP contribution in [-0.2, 0) is 15.7 Å². The van der Waals surface area contributed by atoms with Gasteiger partial charge in [-0.05, 0) is 19.1 Å². The molecule has 160 valence electrons. The third kappa shape index (κ3) is 3.72. The number of aryl methyl sites for hydroxylation is 1. The van der Waals surface area contributed by atoms with E-state index in [1.807, 2.05) is 0 Å². The molecule has 3 heterocycles. The van der Waals surface area contributed by atoms with Crippen LogP contribution in [0.15, 0.2) is 35.1 Å². The van der Waals surface area contributed by atoms with Crippen LogP contribution in [0.1, 0.15) is 34.6 Å². The maximum atomic E-state index is 13.4. The zero-order chi connectivity index (χ0) is 21.5. The van der Waals surface area contributed by atoms with Crippen molar-refractivity contribution >= 4 is 5.91 Å². The Morgan fingerprint density at radius 1 is 1.13 bits per heavy atom. The van der Waals surface area contributed by atoms with E-state index in [0.717, 1.165) is 16.8 Å². The number of halogens is 3. The SMILES string of the molecule is Cc1cc(=O)c(C(=O)N2CCC3(CC2)OCCO3)nn1-c1ccccc1C(F)(F)F. The lowest BCUT2D eigenvalue weighted by atomic mass is 10.0. The van der Waals surface area contributed by atoms with E-state index in [-0.39, 0.29) is 11.4 Å². The number of likely N-dealkylation sites (tertiary alicyclic amines) is 1. The number of hydrogen-bond acceptors (Lipinski definition) is 5. The first-order valence-electron chi connectivity index (χ1n) is 9.55. The maximum Gasteiger partial charge on any atom is 0.418 e. The highest BCUT2D eigenvalue weighted by molar-refractivity contribution is 5.92. The molecule has 4 rings (SSSR count). The summed E-state index contributed by atoms with van der Waals surface area (Å²) in [5.41, 5.74) is -2.01. The number of aromatic nitrogens is 2. The summed E-state index contributed by atoms with van der Waals surface area (Å²) in [4.78, 5) is 26.8. The van der Waals surface area contributed by atoms with Gasteiger partial charge in [-0.2, -0.15) is 18.3 Å². The van der Waals surface area contributed by atoms with E-state index in [2.05, 4.69) is 5.10 Å². The Hall–Kier alpha value is -2.72. The third-order valence-corrected chi connectivity index (χ3v) is 5.37. The van der Waals surface area contributed by atoms with Crippen LogP contribution in [0.2, 0.25) is 0 Å². The average Bonchev–Trinajstić information content (AvgIpc) is 3.15. The number of para-hydroxylation sites is 1. The monoisotopic (exact) mass is 423 g/mol. The van der Waals surface area contributed by atoms with Gasteiger partial charge in [0.15, 0.2) is 11.5 Å². The number of benzene rings is 1. The van der Waals surface area contributed by atoms with Crippen LogP contribution >= 0.6 is 0 Å². The van der Waals surface area contributed by atoms with E-state index in [0.29, 0.717) is 39.1 Å². The quantitative estimate of drug-likeness (QED) is 0.742. The minimum atomic E-state index is -4.61. The number of amides is 1. The Kier molecular flexibility index (Phi) is 5.15. The van der Waals surface area contributed by atoms with Crippen molar-refractivity contribution in [3.8, 4) is 5.69 Å². The molecule has 1 spiro atoms. The number of carbonyl (C=O) groups is 1. The molecule has 30 heavy (non-hydrogen) atoms. The fraction of sp³-hybridized carbons (Fsp3) is 0.450. The van der Waals surface area contributed by atoms with E-state index in [9.17, 15) is 22.8 Å². The molecule has 10 heteroatoms. The summed E-state index contributed by atoms with van der Waals surface area (Å²) in [5.74, 6) is -1.31. The molecule has 0 aliphatic carbocycles. The van der Waals surface area contributed by atoms with Crippen LogP contribution in [0.4, 0.5) is 13.2 Å². The smallest absolute Gasteiger partial charge is 0.347 e. The molecule has 0 unspecified atom stereocenters. The van der Waals surface area contributed by atoms with Crippen molar-refractivity contribution in [2.45, 2.75) is 31.7 Å². The summed E-state index contributed by atoms with van der Waals surface area (Å²) in [6, 6.07) is 6.02. The molecule has 0 saturated carbocycles. The summed E-state index contributed by atoms with van der Waals surface area (Å²) in [5, 5.41) is 4.03. The molecule has 2 aliphatic heterocycles. The number of ether oxygens (including phenoxy) is 2. The molecule has 1 aromatic carbocycles. The first-order chi connectivity index (χ1) is 14.2. The van der Waals surface area contributed by atoms with Gasteiger partial charge in [0.05, 0.1) is 24.5 Å². The number of alkyl halides is 3. The van der Waals surface area contributed by atoms with Gasteiger partial charge in [-0.1, -0.05) is 12.1 Å². The van der Waals surface area contributed by atoms with Gasteiger partial charge >= 0.3 is 6.18 Å². The third-order valence-electron chi connectivity index (χ3n) is 5.37. The number of rotatable bonds is 2. The summed E-state index contributed by atoms with van der Waals surface area (Å²) in [7, 11) is 0. The van der Waals surface area contributed by atoms with Gasteiger partial charge in [0, 0.05) is 37.7 Å². The van der Waals surface area contributed by atoms with Crippen molar-refractivity contribution in [3.05, 3.63) is 57.5 Å². The minimum absolute atomic E-state index is 0.193. The second-order valence-electron chi connectivity index (χ2n) is 7.33. The Labute approximate surface area is 170 Å². The van der Waals surface area contributed by atoms with Gasteiger partial charge in [-0.3, -0.25) is 9.59 Å². The summed E-state index contributed by atoms with van der Waals surface area (Å²) in [6.07, 6.45) is -3.70. The summed E-state index contributed by atoms with van der Waals surface area (Å²) in [6.45, 7) is 3.06. The molecular weight excluding hydrogens is 403 g/mol. The minimum Gasteiger partial charge on any atom is -0.347 e. The molecular formula is C20H20F3N3O4. The Bertz CT molecular complexity index is 1020. The molecule has 0 radical (unpaired) electrons. The number of carbonyl (C=O) groups excluding carboxylic acids is 1. The Balaban J connectivity index is 1.66. The van der Waals surface area contributed by atoms with Crippen molar-refractivity contribution < 1.29 is 27.4 Å². The number of piperidine rings is 1. The zero-order valence-corrected chi connectivity index (χ0v) is 16.2. The van der Waals surface area contributed by atoms with E-state index in [1.165, 1.54) is 30.0 Å². The molecule has 1 amide bonds. The molecule has 2 aliphatic rings. The van der Waals surface area contributed by atoms with Crippen molar-refractivity contribution in [1.29, 1.82) is 0 Å². The lowest BCUT2D eigenvalue weighted by Crippen LogP contribution is -2.48. The van der Waals surface area contributed by atoms with Gasteiger partial charge in [-0.15, -0.1) is 0 Å². The molecule has 1 aromatic heterocycles. The van der Waals surface area contributed by atoms with Crippen LogP contribution < -0.4 is 5.43 Å². The van der Waals surface area contributed by atoms with Gasteiger partial charge < -0.3 is 14.4 Å². The fourth-order valence-electron chi connectivity index (χ4n) is 3.82. The standard InChI is InChI=1S/C20H20F3N3O4/c1-13-12-16(27)17(18(28)25-8-6-19(7-9-25)29-10-11-30-19)24-26(13)15-5-3-2-4-14(15)20(21,22)23/h2-5,12H,6-11H2,1H3. The van der Waals surface area contributed by atoms with Gasteiger partial charge in [-0.25, -0.2) is 4.68 Å². The van der Waals surface area contributed by atoms with Crippen molar-refractivity contribution in [2.75, 3.05) is 26.3 Å². The molecule has 7 nitrogen and oxygen atoms in total. The lowest BCUT2D eigenvalue weighted by molar-refractivity contribution is -0.181. The van der Waals surface area contributed by atoms with Crippen molar-refractivity contribution in [1.82, 2.24) is 14.7 Å². The number of hydrogen-bond donors (Lipinski definition) is 0. The Morgan fingerprint density at radius 3 is 2.40 bits per heavy atom. The van der Waals surface area contributed by atoms with Crippen LogP contribution in [-0.4, -0.2) is 52.7 Å². The van der Waals surface area contributed by atoms with Crippen LogP contribution in [0, 0.1) is 6.92 Å². The largest absolute Gasteiger partial charge is 0.418 e. The van der Waals surface area contributed by atoms with E-state index >= 15 is 0 Å². The molecule has 0 bridgehead atoms. The second-order valence-corrected chi connectivity index (χ2v) is 7.33. The summed E-state index contributed by atoms with van der Waals surface area (Å²) < 4.78 is 52.6. The molecule has 0 atom stereocenters. The van der Waals surface area contributed by atoms with Gasteiger partial charge in [0.1, 0.15) is 0 Å². The topological polar surface area (TPSA) is 73.7 Å². The van der Waals surface area contributed by atoms with E-state index in [4.69, 9.17) is 9.47 Å². The van der Waals surface area contributed by atoms with Crippen molar-refractivity contribution in [2.24, 2.45) is 0 Å². The predicted molar refractivity (Wildman–Crippen MR) is 99.3 cm³/mol. The van der Waals surface area contributed by atoms with Crippen LogP contribution in [0.3, 0.4) is 0 Å². The fourth-order valence-corrected chi connectivity index (χ4v) is 3.82. The van der Waals surface area contributed by atoms with Crippen LogP contribution in [0.5, 0.6) is 0 Å². The zero-order valence-electron chi connectivity index (χ0n) is 16.2. The lowest BCUT2D eigenvalue weighted by Gasteiger charge is -2.37.